The first-order valence-electron chi connectivity index (χ1n) is 10.5. The van der Waals surface area contributed by atoms with E-state index in [1.165, 1.54) is 21.6 Å². The number of nitrogens with two attached hydrogens (primary N) is 1. The van der Waals surface area contributed by atoms with Crippen LogP contribution in [0, 0.1) is 0 Å². The van der Waals surface area contributed by atoms with Crippen LogP contribution in [0.25, 0.3) is 0 Å². The molecule has 31 heavy (non-hydrogen) atoms. The van der Waals surface area contributed by atoms with Gasteiger partial charge in [0.25, 0.3) is 0 Å². The second-order valence-corrected chi connectivity index (χ2v) is 10.5. The van der Waals surface area contributed by atoms with E-state index < -0.39 is 23.6 Å². The lowest BCUT2D eigenvalue weighted by Gasteiger charge is -2.36. The SMILES string of the molecule is CCCC(=O)N(C)[C@H](CSCCN(C)C)C(=O)N(C)[C@@H](CC(C)(C)OCSC)C(N)=O. The van der Waals surface area contributed by atoms with E-state index >= 15 is 0 Å². The van der Waals surface area contributed by atoms with Crippen LogP contribution in [-0.4, -0.2) is 109 Å². The minimum absolute atomic E-state index is 0.0817. The normalized spacial score (nSPS) is 13.7. The lowest BCUT2D eigenvalue weighted by atomic mass is 9.97. The molecule has 2 N–H and O–H groups in total. The summed E-state index contributed by atoms with van der Waals surface area (Å²) in [5.74, 6) is 0.829. The maximum absolute atomic E-state index is 13.4. The molecular weight excluding hydrogens is 436 g/mol. The summed E-state index contributed by atoms with van der Waals surface area (Å²) in [5, 5.41) is 0. The molecule has 0 fully saturated rings. The van der Waals surface area contributed by atoms with Gasteiger partial charge in [0.1, 0.15) is 12.1 Å². The third kappa shape index (κ3) is 11.5. The van der Waals surface area contributed by atoms with Crippen molar-refractivity contribution in [1.29, 1.82) is 0 Å². The van der Waals surface area contributed by atoms with Crippen molar-refractivity contribution in [2.45, 2.75) is 57.7 Å². The van der Waals surface area contributed by atoms with Gasteiger partial charge in [-0.1, -0.05) is 6.92 Å². The largest absolute Gasteiger partial charge is 0.368 e. The maximum atomic E-state index is 13.4. The summed E-state index contributed by atoms with van der Waals surface area (Å²) in [6.45, 7) is 6.56. The molecule has 8 nitrogen and oxygen atoms in total. The van der Waals surface area contributed by atoms with E-state index in [0.717, 1.165) is 12.3 Å². The van der Waals surface area contributed by atoms with E-state index in [9.17, 15) is 14.4 Å². The highest BCUT2D eigenvalue weighted by molar-refractivity contribution is 7.99. The minimum atomic E-state index is -0.826. The number of carbonyl (C=O) groups excluding carboxylic acids is 3. The molecule has 0 aliphatic heterocycles. The van der Waals surface area contributed by atoms with Crippen LogP contribution in [0.3, 0.4) is 0 Å². The molecule has 0 aromatic rings. The minimum Gasteiger partial charge on any atom is -0.368 e. The van der Waals surface area contributed by atoms with Gasteiger partial charge < -0.3 is 25.2 Å². The van der Waals surface area contributed by atoms with Gasteiger partial charge in [-0.25, -0.2) is 0 Å². The number of carbonyl (C=O) groups is 3. The lowest BCUT2D eigenvalue weighted by molar-refractivity contribution is -0.147. The molecule has 0 radical (unpaired) electrons. The third-order valence-electron chi connectivity index (χ3n) is 4.96. The molecule has 10 heteroatoms. The van der Waals surface area contributed by atoms with Crippen LogP contribution in [0.15, 0.2) is 0 Å². The number of rotatable bonds is 16. The van der Waals surface area contributed by atoms with E-state index in [0.29, 0.717) is 24.5 Å². The van der Waals surface area contributed by atoms with Crippen LogP contribution in [0.5, 0.6) is 0 Å². The topological polar surface area (TPSA) is 96.2 Å². The molecule has 0 aromatic heterocycles. The summed E-state index contributed by atoms with van der Waals surface area (Å²) in [6, 6.07) is -1.48. The number of thioether (sulfide) groups is 2. The van der Waals surface area contributed by atoms with E-state index in [2.05, 4.69) is 4.90 Å². The Kier molecular flexibility index (Phi) is 14.5. The first-order valence-corrected chi connectivity index (χ1v) is 13.1. The summed E-state index contributed by atoms with van der Waals surface area (Å²) in [4.78, 5) is 43.2. The highest BCUT2D eigenvalue weighted by atomic mass is 32.2. The Labute approximate surface area is 197 Å². The fourth-order valence-electron chi connectivity index (χ4n) is 2.91. The Morgan fingerprint density at radius 3 is 2.16 bits per heavy atom. The van der Waals surface area contributed by atoms with Crippen LogP contribution in [-0.2, 0) is 19.1 Å². The molecule has 0 saturated heterocycles. The van der Waals surface area contributed by atoms with Gasteiger partial charge in [0.2, 0.25) is 17.7 Å². The van der Waals surface area contributed by atoms with Crippen molar-refractivity contribution in [2.24, 2.45) is 5.73 Å². The van der Waals surface area contributed by atoms with E-state index in [1.807, 2.05) is 41.1 Å². The predicted octanol–water partition coefficient (Wildman–Crippen LogP) is 1.73. The Bertz CT molecular complexity index is 576. The Morgan fingerprint density at radius 1 is 1.06 bits per heavy atom. The van der Waals surface area contributed by atoms with Gasteiger partial charge in [-0.3, -0.25) is 14.4 Å². The van der Waals surface area contributed by atoms with E-state index in [1.54, 1.807) is 25.9 Å². The second kappa shape index (κ2) is 15.0. The first-order chi connectivity index (χ1) is 14.4. The number of nitrogens with zero attached hydrogens (tertiary/aromatic N) is 3. The summed E-state index contributed by atoms with van der Waals surface area (Å²) in [5.41, 5.74) is 5.04. The molecule has 3 amide bonds. The lowest BCUT2D eigenvalue weighted by Crippen LogP contribution is -2.56. The van der Waals surface area contributed by atoms with E-state index in [-0.39, 0.29) is 18.2 Å². The van der Waals surface area contributed by atoms with Crippen molar-refractivity contribution in [3.05, 3.63) is 0 Å². The van der Waals surface area contributed by atoms with Crippen LogP contribution in [0.4, 0.5) is 0 Å². The standard InChI is InChI=1S/C21H42N4O4S2/c1-9-10-18(26)24(6)17(14-31-12-11-23(4)5)20(28)25(7)16(19(22)27)13-21(2,3)29-15-30-8/h16-17H,9-15H2,1-8H3,(H2,22,27)/t16-,17+/m0/s1. The van der Waals surface area contributed by atoms with E-state index in [4.69, 9.17) is 10.5 Å². The van der Waals surface area contributed by atoms with Gasteiger partial charge in [0.05, 0.1) is 11.5 Å². The number of ether oxygens (including phenoxy) is 1. The van der Waals surface area contributed by atoms with Gasteiger partial charge in [-0.2, -0.15) is 11.8 Å². The number of primary amides is 1. The molecule has 0 bridgehead atoms. The summed E-state index contributed by atoms with van der Waals surface area (Å²) >= 11 is 3.16. The number of likely N-dealkylation sites (N-methyl/N-ethyl adjacent to an activating group) is 2. The predicted molar refractivity (Wildman–Crippen MR) is 131 cm³/mol. The fraction of sp³-hybridized carbons (Fsp3) is 0.857. The fourth-order valence-corrected chi connectivity index (χ4v) is 4.60. The molecule has 2 atom stereocenters. The molecule has 0 spiro atoms. The molecule has 0 heterocycles. The van der Waals surface area contributed by atoms with Gasteiger partial charge >= 0.3 is 0 Å². The van der Waals surface area contributed by atoms with Crippen molar-refractivity contribution in [1.82, 2.24) is 14.7 Å². The summed E-state index contributed by atoms with van der Waals surface area (Å²) < 4.78 is 5.81. The zero-order chi connectivity index (χ0) is 24.2. The molecule has 0 aliphatic rings. The van der Waals surface area contributed by atoms with Gasteiger partial charge in [0.15, 0.2) is 0 Å². The highest BCUT2D eigenvalue weighted by Gasteiger charge is 2.37. The molecule has 182 valence electrons. The van der Waals surface area contributed by atoms with Crippen LogP contribution in [0.1, 0.15) is 40.0 Å². The summed E-state index contributed by atoms with van der Waals surface area (Å²) in [6.07, 6.45) is 3.29. The van der Waals surface area contributed by atoms with Crippen molar-refractivity contribution in [2.75, 3.05) is 58.4 Å². The zero-order valence-electron chi connectivity index (χ0n) is 20.5. The number of hydrogen-bond donors (Lipinski definition) is 1. The molecule has 0 aliphatic carbocycles. The Morgan fingerprint density at radius 2 is 1.68 bits per heavy atom. The third-order valence-corrected chi connectivity index (χ3v) is 6.34. The van der Waals surface area contributed by atoms with Gasteiger partial charge in [-0.05, 0) is 40.6 Å². The zero-order valence-corrected chi connectivity index (χ0v) is 22.1. The van der Waals surface area contributed by atoms with Crippen LogP contribution >= 0.6 is 23.5 Å². The average molecular weight is 479 g/mol. The molecule has 0 unspecified atom stereocenters. The van der Waals surface area contributed by atoms with Crippen LogP contribution in [0.2, 0.25) is 0 Å². The van der Waals surface area contributed by atoms with Crippen LogP contribution < -0.4 is 5.73 Å². The number of amides is 3. The average Bonchev–Trinajstić information content (AvgIpc) is 2.69. The first kappa shape index (κ1) is 30.0. The Hall–Kier alpha value is -0.970. The van der Waals surface area contributed by atoms with Crippen molar-refractivity contribution >= 4 is 41.2 Å². The molecule has 0 aromatic carbocycles. The van der Waals surface area contributed by atoms with Gasteiger partial charge in [-0.15, -0.1) is 11.8 Å². The Balaban J connectivity index is 5.52. The summed E-state index contributed by atoms with van der Waals surface area (Å²) in [7, 11) is 7.22. The quantitative estimate of drug-likeness (QED) is 0.267. The second-order valence-electron chi connectivity index (χ2n) is 8.53. The van der Waals surface area contributed by atoms with Crippen molar-refractivity contribution in [3.63, 3.8) is 0 Å². The number of hydrogen-bond acceptors (Lipinski definition) is 7. The van der Waals surface area contributed by atoms with Crippen molar-refractivity contribution < 1.29 is 19.1 Å². The molecule has 0 rings (SSSR count). The monoisotopic (exact) mass is 478 g/mol. The van der Waals surface area contributed by atoms with Gasteiger partial charge in [0, 0.05) is 45.0 Å². The molecular formula is C21H42N4O4S2. The molecule has 0 saturated carbocycles. The highest BCUT2D eigenvalue weighted by Crippen LogP contribution is 2.22. The smallest absolute Gasteiger partial charge is 0.246 e. The maximum Gasteiger partial charge on any atom is 0.246 e. The van der Waals surface area contributed by atoms with Crippen molar-refractivity contribution in [3.8, 4) is 0 Å².